The topological polar surface area (TPSA) is 26.8 Å². The minimum absolute atomic E-state index is 0.191. The van der Waals surface area contributed by atoms with Gasteiger partial charge in [-0.3, -0.25) is 9.69 Å². The van der Waals surface area contributed by atoms with Crippen molar-refractivity contribution in [3.8, 4) is 22.3 Å². The Morgan fingerprint density at radius 1 is 0.675 bits per heavy atom. The van der Waals surface area contributed by atoms with Crippen molar-refractivity contribution in [3.63, 3.8) is 0 Å². The molecule has 6 rings (SSSR count). The SMILES string of the molecule is CN(C)C(=O)C1(CCCCN2CCN(c3ccc(-c4ccccc4)cc3)CC2)c2ccccc2-c2ccccc21. The number of fused-ring (bicyclic) bond motifs is 3. The van der Waals surface area contributed by atoms with Gasteiger partial charge in [0.2, 0.25) is 5.91 Å². The third kappa shape index (κ3) is 4.82. The highest BCUT2D eigenvalue weighted by Gasteiger charge is 2.49. The fourth-order valence-electron chi connectivity index (χ4n) is 6.76. The van der Waals surface area contributed by atoms with Crippen molar-refractivity contribution in [1.82, 2.24) is 9.80 Å². The Balaban J connectivity index is 1.07. The van der Waals surface area contributed by atoms with Crippen LogP contribution in [0.1, 0.15) is 30.4 Å². The first-order valence-corrected chi connectivity index (χ1v) is 14.6. The van der Waals surface area contributed by atoms with E-state index in [1.54, 1.807) is 4.90 Å². The zero-order chi connectivity index (χ0) is 27.5. The molecule has 1 saturated heterocycles. The molecule has 0 bridgehead atoms. The summed E-state index contributed by atoms with van der Waals surface area (Å²) in [5.41, 5.74) is 7.99. The molecule has 204 valence electrons. The quantitative estimate of drug-likeness (QED) is 0.238. The molecule has 1 heterocycles. The maximum Gasteiger partial charge on any atom is 0.237 e. The molecule has 4 heteroatoms. The molecular formula is C36H39N3O. The van der Waals surface area contributed by atoms with Crippen molar-refractivity contribution < 1.29 is 4.79 Å². The molecular weight excluding hydrogens is 490 g/mol. The van der Waals surface area contributed by atoms with Gasteiger partial charge in [0.05, 0.1) is 0 Å². The maximum atomic E-state index is 13.9. The van der Waals surface area contributed by atoms with E-state index in [1.165, 1.54) is 39.1 Å². The number of anilines is 1. The molecule has 0 unspecified atom stereocenters. The van der Waals surface area contributed by atoms with Crippen LogP contribution in [0.25, 0.3) is 22.3 Å². The summed E-state index contributed by atoms with van der Waals surface area (Å²) >= 11 is 0. The van der Waals surface area contributed by atoms with Crippen LogP contribution >= 0.6 is 0 Å². The lowest BCUT2D eigenvalue weighted by Gasteiger charge is -2.36. The van der Waals surface area contributed by atoms with Crippen molar-refractivity contribution in [1.29, 1.82) is 0 Å². The van der Waals surface area contributed by atoms with Crippen LogP contribution in [0.3, 0.4) is 0 Å². The van der Waals surface area contributed by atoms with E-state index in [0.717, 1.165) is 52.0 Å². The molecule has 0 radical (unpaired) electrons. The first-order chi connectivity index (χ1) is 19.6. The number of carbonyl (C=O) groups excluding carboxylic acids is 1. The Bertz CT molecular complexity index is 1410. The molecule has 1 fully saturated rings. The van der Waals surface area contributed by atoms with Gasteiger partial charge in [-0.2, -0.15) is 0 Å². The second-order valence-electron chi connectivity index (χ2n) is 11.4. The number of carbonyl (C=O) groups is 1. The summed E-state index contributed by atoms with van der Waals surface area (Å²) in [6.07, 6.45) is 2.95. The van der Waals surface area contributed by atoms with Gasteiger partial charge < -0.3 is 9.80 Å². The molecule has 0 aromatic heterocycles. The van der Waals surface area contributed by atoms with Gasteiger partial charge in [-0.25, -0.2) is 0 Å². The van der Waals surface area contributed by atoms with Gasteiger partial charge in [-0.05, 0) is 64.9 Å². The smallest absolute Gasteiger partial charge is 0.237 e. The van der Waals surface area contributed by atoms with Gasteiger partial charge in [0, 0.05) is 46.0 Å². The highest BCUT2D eigenvalue weighted by Crippen LogP contribution is 2.52. The number of unbranched alkanes of at least 4 members (excludes halogenated alkanes) is 1. The molecule has 0 atom stereocenters. The summed E-state index contributed by atoms with van der Waals surface area (Å²) in [6, 6.07) is 36.6. The van der Waals surface area contributed by atoms with Crippen LogP contribution < -0.4 is 4.90 Å². The van der Waals surface area contributed by atoms with Crippen LogP contribution in [0.4, 0.5) is 5.69 Å². The van der Waals surface area contributed by atoms with Crippen molar-refractivity contribution in [2.24, 2.45) is 0 Å². The Hall–Kier alpha value is -3.89. The number of likely N-dealkylation sites (N-methyl/N-ethyl adjacent to an activating group) is 1. The largest absolute Gasteiger partial charge is 0.369 e. The Labute approximate surface area is 238 Å². The zero-order valence-electron chi connectivity index (χ0n) is 23.7. The van der Waals surface area contributed by atoms with E-state index >= 15 is 0 Å². The lowest BCUT2D eigenvalue weighted by Crippen LogP contribution is -2.46. The van der Waals surface area contributed by atoms with E-state index in [1.807, 2.05) is 14.1 Å². The molecule has 4 aromatic rings. The second-order valence-corrected chi connectivity index (χ2v) is 11.4. The Morgan fingerprint density at radius 2 is 1.23 bits per heavy atom. The monoisotopic (exact) mass is 529 g/mol. The Morgan fingerprint density at radius 3 is 1.82 bits per heavy atom. The second kappa shape index (κ2) is 11.3. The predicted molar refractivity (Wildman–Crippen MR) is 166 cm³/mol. The van der Waals surface area contributed by atoms with Gasteiger partial charge in [-0.1, -0.05) is 97.4 Å². The molecule has 40 heavy (non-hydrogen) atoms. The average Bonchev–Trinajstić information content (AvgIpc) is 3.30. The van der Waals surface area contributed by atoms with E-state index in [4.69, 9.17) is 0 Å². The third-order valence-electron chi connectivity index (χ3n) is 8.82. The Kier molecular flexibility index (Phi) is 7.44. The normalized spacial score (nSPS) is 15.9. The molecule has 2 aliphatic rings. The van der Waals surface area contributed by atoms with E-state index in [9.17, 15) is 4.79 Å². The van der Waals surface area contributed by atoms with E-state index in [2.05, 4.69) is 113 Å². The van der Waals surface area contributed by atoms with E-state index < -0.39 is 5.41 Å². The van der Waals surface area contributed by atoms with Crippen molar-refractivity contribution >= 4 is 11.6 Å². The highest BCUT2D eigenvalue weighted by atomic mass is 16.2. The average molecular weight is 530 g/mol. The van der Waals surface area contributed by atoms with Gasteiger partial charge in [-0.15, -0.1) is 0 Å². The lowest BCUT2D eigenvalue weighted by atomic mass is 9.73. The number of hydrogen-bond donors (Lipinski definition) is 0. The van der Waals surface area contributed by atoms with Crippen molar-refractivity contribution in [2.75, 3.05) is 51.7 Å². The highest BCUT2D eigenvalue weighted by molar-refractivity contribution is 6.00. The summed E-state index contributed by atoms with van der Waals surface area (Å²) in [5.74, 6) is 0.191. The molecule has 0 N–H and O–H groups in total. The van der Waals surface area contributed by atoms with Crippen LogP contribution in [0.2, 0.25) is 0 Å². The number of rotatable bonds is 8. The van der Waals surface area contributed by atoms with Crippen molar-refractivity contribution in [3.05, 3.63) is 114 Å². The molecule has 0 spiro atoms. The summed E-state index contributed by atoms with van der Waals surface area (Å²) in [6.45, 7) is 5.33. The number of hydrogen-bond acceptors (Lipinski definition) is 3. The van der Waals surface area contributed by atoms with Gasteiger partial charge in [0.1, 0.15) is 5.41 Å². The van der Waals surface area contributed by atoms with Crippen LogP contribution in [-0.4, -0.2) is 62.5 Å². The van der Waals surface area contributed by atoms with Gasteiger partial charge >= 0.3 is 0 Å². The minimum atomic E-state index is -0.596. The standard InChI is InChI=1S/C36H39N3O/c1-37(2)35(40)36(33-16-8-6-14-31(33)32-15-7-9-17-34(32)36)22-10-11-23-38-24-26-39(27-25-38)30-20-18-29(19-21-30)28-12-4-3-5-13-28/h3-9,12-21H,10-11,22-27H2,1-2H3. The molecule has 1 amide bonds. The predicted octanol–water partition coefficient (Wildman–Crippen LogP) is 6.70. The van der Waals surface area contributed by atoms with Crippen LogP contribution in [0.5, 0.6) is 0 Å². The molecule has 4 nitrogen and oxygen atoms in total. The van der Waals surface area contributed by atoms with E-state index in [0.29, 0.717) is 0 Å². The summed E-state index contributed by atoms with van der Waals surface area (Å²) in [5, 5.41) is 0. The molecule has 4 aromatic carbocycles. The summed E-state index contributed by atoms with van der Waals surface area (Å²) in [4.78, 5) is 20.7. The fraction of sp³-hybridized carbons (Fsp3) is 0.306. The van der Waals surface area contributed by atoms with Crippen LogP contribution in [0.15, 0.2) is 103 Å². The summed E-state index contributed by atoms with van der Waals surface area (Å²) < 4.78 is 0. The number of piperazine rings is 1. The van der Waals surface area contributed by atoms with Crippen molar-refractivity contribution in [2.45, 2.75) is 24.7 Å². The zero-order valence-corrected chi connectivity index (χ0v) is 23.7. The molecule has 1 aliphatic carbocycles. The molecule has 1 aliphatic heterocycles. The first-order valence-electron chi connectivity index (χ1n) is 14.6. The van der Waals surface area contributed by atoms with Crippen LogP contribution in [-0.2, 0) is 10.2 Å². The van der Waals surface area contributed by atoms with Gasteiger partial charge in [0.25, 0.3) is 0 Å². The molecule has 0 saturated carbocycles. The minimum Gasteiger partial charge on any atom is -0.369 e. The number of nitrogens with zero attached hydrogens (tertiary/aromatic N) is 3. The fourth-order valence-corrected chi connectivity index (χ4v) is 6.76. The maximum absolute atomic E-state index is 13.9. The lowest BCUT2D eigenvalue weighted by molar-refractivity contribution is -0.133. The number of amides is 1. The first kappa shape index (κ1) is 26.3. The van der Waals surface area contributed by atoms with Gasteiger partial charge in [0.15, 0.2) is 0 Å². The number of benzene rings is 4. The third-order valence-corrected chi connectivity index (χ3v) is 8.82. The van der Waals surface area contributed by atoms with E-state index in [-0.39, 0.29) is 5.91 Å². The summed E-state index contributed by atoms with van der Waals surface area (Å²) in [7, 11) is 3.78. The van der Waals surface area contributed by atoms with Crippen LogP contribution in [0, 0.1) is 0 Å².